The van der Waals surface area contributed by atoms with Crippen LogP contribution in [0.4, 0.5) is 0 Å². The summed E-state index contributed by atoms with van der Waals surface area (Å²) in [4.78, 5) is 0. The van der Waals surface area contributed by atoms with Crippen molar-refractivity contribution in [3.8, 4) is 22.3 Å². The molecule has 1 aromatic heterocycles. The molecule has 0 saturated heterocycles. The number of furan rings is 1. The molecule has 1 heterocycles. The van der Waals surface area contributed by atoms with E-state index in [0.29, 0.717) is 0 Å². The molecular formula is C50H38O. The summed E-state index contributed by atoms with van der Waals surface area (Å²) in [6, 6.07) is 44.5. The molecule has 0 radical (unpaired) electrons. The van der Waals surface area contributed by atoms with Gasteiger partial charge in [-0.3, -0.25) is 0 Å². The van der Waals surface area contributed by atoms with E-state index in [1.54, 1.807) is 0 Å². The second-order valence-electron chi connectivity index (χ2n) is 13.9. The lowest BCUT2D eigenvalue weighted by atomic mass is 9.60. The Labute approximate surface area is 299 Å². The van der Waals surface area contributed by atoms with Crippen molar-refractivity contribution in [1.82, 2.24) is 0 Å². The number of hydrogen-bond donors (Lipinski definition) is 0. The molecule has 9 rings (SSSR count). The van der Waals surface area contributed by atoms with Gasteiger partial charge >= 0.3 is 0 Å². The highest BCUT2D eigenvalue weighted by atomic mass is 16.3. The summed E-state index contributed by atoms with van der Waals surface area (Å²) in [6.45, 7) is 6.53. The Morgan fingerprint density at radius 2 is 1.27 bits per heavy atom. The molecule has 0 spiro atoms. The van der Waals surface area contributed by atoms with Gasteiger partial charge in [0.2, 0.25) is 0 Å². The Hall–Kier alpha value is -6.18. The lowest BCUT2D eigenvalue weighted by Crippen LogP contribution is -2.45. The predicted octanol–water partition coefficient (Wildman–Crippen LogP) is 11.2. The zero-order valence-corrected chi connectivity index (χ0v) is 28.7. The summed E-state index contributed by atoms with van der Waals surface area (Å²) >= 11 is 0. The Bertz CT molecular complexity index is 2600. The van der Waals surface area contributed by atoms with Gasteiger partial charge in [0.15, 0.2) is 0 Å². The number of benzene rings is 5. The highest BCUT2D eigenvalue weighted by Gasteiger charge is 2.41. The molecule has 0 aliphatic heterocycles. The number of rotatable bonds is 4. The lowest BCUT2D eigenvalue weighted by Gasteiger charge is -2.42. The van der Waals surface area contributed by atoms with Crippen molar-refractivity contribution in [2.45, 2.75) is 13.3 Å². The summed E-state index contributed by atoms with van der Waals surface area (Å²) in [5.41, 5.74) is 13.0. The molecule has 6 aromatic rings. The fourth-order valence-electron chi connectivity index (χ4n) is 8.24. The minimum atomic E-state index is -0.211. The molecule has 5 aromatic carbocycles. The molecule has 0 bridgehead atoms. The SMILES string of the molecule is C=C1C=Cc2oc3ccc(-c4ccc(C5=c6ccccc6=C(c6ccc(-c7ccccc7)cc6)C6(C)C=CC=CC56)cc4)cc3c2C/C=C\C=C/1. The second-order valence-corrected chi connectivity index (χ2v) is 13.9. The van der Waals surface area contributed by atoms with Crippen molar-refractivity contribution < 1.29 is 4.42 Å². The third kappa shape index (κ3) is 5.43. The molecule has 1 nitrogen and oxygen atoms in total. The summed E-state index contributed by atoms with van der Waals surface area (Å²) < 4.78 is 6.32. The average molecular weight is 655 g/mol. The van der Waals surface area contributed by atoms with E-state index in [4.69, 9.17) is 4.42 Å². The van der Waals surface area contributed by atoms with Crippen LogP contribution in [0.2, 0.25) is 0 Å². The fraction of sp³-hybridized carbons (Fsp3) is 0.0800. The lowest BCUT2D eigenvalue weighted by molar-refractivity contribution is 0.478. The van der Waals surface area contributed by atoms with E-state index < -0.39 is 0 Å². The van der Waals surface area contributed by atoms with E-state index >= 15 is 0 Å². The maximum Gasteiger partial charge on any atom is 0.135 e. The molecule has 244 valence electrons. The van der Waals surface area contributed by atoms with E-state index in [1.807, 2.05) is 24.3 Å². The summed E-state index contributed by atoms with van der Waals surface area (Å²) in [7, 11) is 0. The molecule has 3 aliphatic rings. The van der Waals surface area contributed by atoms with Crippen LogP contribution in [-0.4, -0.2) is 0 Å². The standard InChI is InChI=1S/C50H38O/c1-34-13-5-3-8-16-41-44-33-40(29-31-47(44)51-46(41)30-20-34)37-21-25-38(26-22-37)48-42-17-9-10-18-43(42)49(50(2)32-12-11-19-45(48)50)39-27-23-36(24-28-39)35-14-6-4-7-15-35/h3-15,17-33,45H,1,16H2,2H3/b8-3-,13-5-,30-20?. The van der Waals surface area contributed by atoms with Crippen LogP contribution in [0.25, 0.3) is 50.4 Å². The van der Waals surface area contributed by atoms with Gasteiger partial charge in [-0.25, -0.2) is 0 Å². The van der Waals surface area contributed by atoms with E-state index in [1.165, 1.54) is 60.5 Å². The summed E-state index contributed by atoms with van der Waals surface area (Å²) in [6.07, 6.45) is 22.4. The van der Waals surface area contributed by atoms with Gasteiger partial charge in [-0.15, -0.1) is 0 Å². The first-order valence-electron chi connectivity index (χ1n) is 17.8. The highest BCUT2D eigenvalue weighted by Crippen LogP contribution is 2.50. The van der Waals surface area contributed by atoms with E-state index in [9.17, 15) is 0 Å². The Morgan fingerprint density at radius 1 is 0.608 bits per heavy atom. The van der Waals surface area contributed by atoms with Crippen LogP contribution in [0.1, 0.15) is 29.4 Å². The minimum absolute atomic E-state index is 0.189. The molecule has 0 saturated carbocycles. The summed E-state index contributed by atoms with van der Waals surface area (Å²) in [5.74, 6) is 1.08. The number of hydrogen-bond acceptors (Lipinski definition) is 1. The molecule has 1 heteroatoms. The molecule has 0 N–H and O–H groups in total. The third-order valence-electron chi connectivity index (χ3n) is 10.8. The third-order valence-corrected chi connectivity index (χ3v) is 10.8. The first kappa shape index (κ1) is 30.8. The molecule has 2 atom stereocenters. The predicted molar refractivity (Wildman–Crippen MR) is 214 cm³/mol. The quantitative estimate of drug-likeness (QED) is 0.184. The Kier molecular flexibility index (Phi) is 7.63. The largest absolute Gasteiger partial charge is 0.456 e. The van der Waals surface area contributed by atoms with Crippen LogP contribution in [0, 0.1) is 11.3 Å². The van der Waals surface area contributed by atoms with Crippen molar-refractivity contribution in [3.05, 3.63) is 221 Å². The molecule has 0 fully saturated rings. The highest BCUT2D eigenvalue weighted by molar-refractivity contribution is 5.90. The van der Waals surface area contributed by atoms with Crippen LogP contribution in [0.5, 0.6) is 0 Å². The normalized spacial score (nSPS) is 20.5. The van der Waals surface area contributed by atoms with Crippen molar-refractivity contribution in [3.63, 3.8) is 0 Å². The van der Waals surface area contributed by atoms with Crippen molar-refractivity contribution in [2.24, 2.45) is 11.3 Å². The van der Waals surface area contributed by atoms with Crippen molar-refractivity contribution >= 4 is 28.2 Å². The monoisotopic (exact) mass is 654 g/mol. The van der Waals surface area contributed by atoms with Gasteiger partial charge in [-0.2, -0.15) is 0 Å². The van der Waals surface area contributed by atoms with Gasteiger partial charge in [0.25, 0.3) is 0 Å². The fourth-order valence-corrected chi connectivity index (χ4v) is 8.24. The van der Waals surface area contributed by atoms with Crippen molar-refractivity contribution in [2.75, 3.05) is 0 Å². The van der Waals surface area contributed by atoms with Gasteiger partial charge in [-0.1, -0.05) is 177 Å². The Morgan fingerprint density at radius 3 is 2.08 bits per heavy atom. The number of fused-ring (bicyclic) bond motifs is 5. The van der Waals surface area contributed by atoms with Crippen LogP contribution in [0.3, 0.4) is 0 Å². The first-order chi connectivity index (χ1) is 25.1. The molecule has 2 unspecified atom stereocenters. The Balaban J connectivity index is 1.15. The van der Waals surface area contributed by atoms with Gasteiger partial charge in [-0.05, 0) is 85.2 Å². The second kappa shape index (κ2) is 12.6. The van der Waals surface area contributed by atoms with Gasteiger partial charge in [0.05, 0.1) is 0 Å². The maximum absolute atomic E-state index is 6.32. The zero-order chi connectivity index (χ0) is 34.4. The summed E-state index contributed by atoms with van der Waals surface area (Å²) in [5, 5.41) is 3.76. The van der Waals surface area contributed by atoms with Crippen LogP contribution < -0.4 is 10.4 Å². The van der Waals surface area contributed by atoms with Crippen molar-refractivity contribution in [1.29, 1.82) is 0 Å². The van der Waals surface area contributed by atoms with E-state index in [-0.39, 0.29) is 11.3 Å². The average Bonchev–Trinajstić information content (AvgIpc) is 3.53. The van der Waals surface area contributed by atoms with Gasteiger partial charge < -0.3 is 4.42 Å². The molecule has 3 aliphatic carbocycles. The zero-order valence-electron chi connectivity index (χ0n) is 28.7. The van der Waals surface area contributed by atoms with Gasteiger partial charge in [0, 0.05) is 22.3 Å². The smallest absolute Gasteiger partial charge is 0.135 e. The maximum atomic E-state index is 6.32. The van der Waals surface area contributed by atoms with Crippen LogP contribution in [0.15, 0.2) is 193 Å². The van der Waals surface area contributed by atoms with Crippen LogP contribution >= 0.6 is 0 Å². The molecule has 51 heavy (non-hydrogen) atoms. The molecular weight excluding hydrogens is 617 g/mol. The number of allylic oxidation sites excluding steroid dienone is 10. The first-order valence-corrected chi connectivity index (χ1v) is 17.8. The topological polar surface area (TPSA) is 13.1 Å². The van der Waals surface area contributed by atoms with Crippen LogP contribution in [-0.2, 0) is 6.42 Å². The van der Waals surface area contributed by atoms with Gasteiger partial charge in [0.1, 0.15) is 11.3 Å². The minimum Gasteiger partial charge on any atom is -0.456 e. The molecule has 0 amide bonds. The van der Waals surface area contributed by atoms with E-state index in [0.717, 1.165) is 28.7 Å². The van der Waals surface area contributed by atoms with E-state index in [2.05, 4.69) is 171 Å².